The number of hydrogen-bond donors (Lipinski definition) is 0. The average Bonchev–Trinajstić information content (AvgIpc) is 2.37. The number of rotatable bonds is 3. The van der Waals surface area contributed by atoms with Crippen LogP contribution in [0, 0.1) is 6.92 Å². The van der Waals surface area contributed by atoms with Gasteiger partial charge in [0.1, 0.15) is 0 Å². The van der Waals surface area contributed by atoms with Crippen molar-refractivity contribution in [2.45, 2.75) is 19.5 Å². The fourth-order valence-corrected chi connectivity index (χ4v) is 2.08. The third kappa shape index (κ3) is 3.26. The molecule has 0 aliphatic carbocycles. The first-order valence-corrected chi connectivity index (χ1v) is 6.13. The van der Waals surface area contributed by atoms with Crippen LogP contribution in [0.2, 0.25) is 0 Å². The van der Waals surface area contributed by atoms with Gasteiger partial charge in [0.25, 0.3) is 0 Å². The Hall–Kier alpha value is -2.10. The first-order chi connectivity index (χ1) is 9.38. The van der Waals surface area contributed by atoms with Crippen molar-refractivity contribution in [2.75, 3.05) is 0 Å². The fraction of sp³-hybridized carbons (Fsp3) is 0.188. The van der Waals surface area contributed by atoms with E-state index in [0.717, 1.165) is 5.56 Å². The van der Waals surface area contributed by atoms with Gasteiger partial charge >= 0.3 is 6.18 Å². The largest absolute Gasteiger partial charge is 0.393 e. The molecule has 0 radical (unpaired) electrons. The van der Waals surface area contributed by atoms with Crippen molar-refractivity contribution < 1.29 is 18.0 Å². The van der Waals surface area contributed by atoms with Gasteiger partial charge in [0.2, 0.25) is 0 Å². The Labute approximate surface area is 115 Å². The number of aryl methyl sites for hydroxylation is 1. The lowest BCUT2D eigenvalue weighted by molar-refractivity contribution is -0.127. The molecule has 0 bridgehead atoms. The van der Waals surface area contributed by atoms with Crippen LogP contribution in [0.4, 0.5) is 13.2 Å². The predicted molar refractivity (Wildman–Crippen MR) is 70.8 cm³/mol. The summed E-state index contributed by atoms with van der Waals surface area (Å²) in [5.74, 6) is -0.372. The molecule has 2 rings (SSSR count). The van der Waals surface area contributed by atoms with Crippen molar-refractivity contribution in [1.29, 1.82) is 0 Å². The third-order valence-corrected chi connectivity index (χ3v) is 3.04. The first kappa shape index (κ1) is 14.3. The summed E-state index contributed by atoms with van der Waals surface area (Å²) in [4.78, 5) is 12.4. The number of alkyl halides is 3. The number of carbonyl (C=O) groups excluding carboxylic acids is 1. The van der Waals surface area contributed by atoms with E-state index in [2.05, 4.69) is 0 Å². The second-order valence-electron chi connectivity index (χ2n) is 4.59. The molecule has 2 aromatic rings. The molecule has 1 nitrogen and oxygen atoms in total. The summed E-state index contributed by atoms with van der Waals surface area (Å²) in [6.45, 7) is 1.76. The Balaban J connectivity index is 2.43. The topological polar surface area (TPSA) is 17.1 Å². The van der Waals surface area contributed by atoms with Crippen molar-refractivity contribution in [3.05, 3.63) is 70.8 Å². The molecule has 104 valence electrons. The summed E-state index contributed by atoms with van der Waals surface area (Å²) >= 11 is 0. The van der Waals surface area contributed by atoms with E-state index in [0.29, 0.717) is 5.56 Å². The van der Waals surface area contributed by atoms with Crippen molar-refractivity contribution >= 4 is 5.78 Å². The predicted octanol–water partition coefficient (Wildman–Crippen LogP) is 4.33. The van der Waals surface area contributed by atoms with E-state index in [4.69, 9.17) is 0 Å². The molecule has 0 aliphatic heterocycles. The zero-order valence-corrected chi connectivity index (χ0v) is 10.9. The number of ketones is 1. The van der Waals surface area contributed by atoms with Crippen LogP contribution < -0.4 is 0 Å². The maximum absolute atomic E-state index is 12.6. The molecule has 0 fully saturated rings. The molecule has 0 saturated carbocycles. The minimum atomic E-state index is -4.33. The molecule has 0 unspecified atom stereocenters. The van der Waals surface area contributed by atoms with Gasteiger partial charge in [-0.3, -0.25) is 4.79 Å². The van der Waals surface area contributed by atoms with Gasteiger partial charge in [-0.15, -0.1) is 0 Å². The molecule has 0 saturated heterocycles. The Morgan fingerprint density at radius 2 is 1.50 bits per heavy atom. The first-order valence-electron chi connectivity index (χ1n) is 6.13. The maximum Gasteiger partial charge on any atom is 0.393 e. The minimum Gasteiger partial charge on any atom is -0.289 e. The smallest absolute Gasteiger partial charge is 0.289 e. The quantitative estimate of drug-likeness (QED) is 0.764. The fourth-order valence-electron chi connectivity index (χ4n) is 2.08. The normalized spacial score (nSPS) is 11.4. The van der Waals surface area contributed by atoms with Gasteiger partial charge in [0, 0.05) is 11.1 Å². The maximum atomic E-state index is 12.6. The van der Waals surface area contributed by atoms with Gasteiger partial charge in [-0.05, 0) is 18.1 Å². The number of carbonyl (C=O) groups is 1. The molecular formula is C16H13F3O. The minimum absolute atomic E-state index is 0.00764. The third-order valence-electron chi connectivity index (χ3n) is 3.04. The van der Waals surface area contributed by atoms with Crippen LogP contribution in [0.3, 0.4) is 0 Å². The molecule has 0 atom stereocenters. The van der Waals surface area contributed by atoms with Crippen LogP contribution >= 0.6 is 0 Å². The molecule has 0 spiro atoms. The van der Waals surface area contributed by atoms with Gasteiger partial charge < -0.3 is 0 Å². The molecule has 0 aliphatic rings. The Kier molecular flexibility index (Phi) is 3.93. The molecule has 0 amide bonds. The van der Waals surface area contributed by atoms with Crippen LogP contribution in [0.1, 0.15) is 27.0 Å². The highest BCUT2D eigenvalue weighted by Gasteiger charge is 2.30. The standard InChI is InChI=1S/C16H13F3O/c1-11-6-2-4-8-13(11)15(20)14-9-5-3-7-12(14)10-16(17,18)19/h2-9H,10H2,1H3. The molecule has 0 N–H and O–H groups in total. The van der Waals surface area contributed by atoms with Gasteiger partial charge in [0.05, 0.1) is 6.42 Å². The summed E-state index contributed by atoms with van der Waals surface area (Å²) in [7, 11) is 0. The second kappa shape index (κ2) is 5.49. The van der Waals surface area contributed by atoms with E-state index in [1.165, 1.54) is 18.2 Å². The lowest BCUT2D eigenvalue weighted by Gasteiger charge is -2.12. The zero-order valence-electron chi connectivity index (χ0n) is 10.9. The van der Waals surface area contributed by atoms with Gasteiger partial charge in [-0.2, -0.15) is 13.2 Å². The average molecular weight is 278 g/mol. The van der Waals surface area contributed by atoms with Gasteiger partial charge in [-0.1, -0.05) is 48.5 Å². The van der Waals surface area contributed by atoms with E-state index >= 15 is 0 Å². The summed E-state index contributed by atoms with van der Waals surface area (Å²) in [5, 5.41) is 0. The van der Waals surface area contributed by atoms with E-state index < -0.39 is 12.6 Å². The molecule has 2 aromatic carbocycles. The lowest BCUT2D eigenvalue weighted by atomic mass is 9.94. The van der Waals surface area contributed by atoms with E-state index in [1.54, 1.807) is 37.3 Å². The SMILES string of the molecule is Cc1ccccc1C(=O)c1ccccc1CC(F)(F)F. The van der Waals surface area contributed by atoms with Gasteiger partial charge in [-0.25, -0.2) is 0 Å². The highest BCUT2D eigenvalue weighted by molar-refractivity contribution is 6.10. The molecule has 4 heteroatoms. The number of benzene rings is 2. The molecular weight excluding hydrogens is 265 g/mol. The summed E-state index contributed by atoms with van der Waals surface area (Å²) < 4.78 is 37.7. The van der Waals surface area contributed by atoms with Crippen molar-refractivity contribution in [3.8, 4) is 0 Å². The number of hydrogen-bond acceptors (Lipinski definition) is 1. The van der Waals surface area contributed by atoms with Crippen molar-refractivity contribution in [2.24, 2.45) is 0 Å². The molecule has 0 aromatic heterocycles. The summed E-state index contributed by atoms with van der Waals surface area (Å²) in [6.07, 6.45) is -5.43. The lowest BCUT2D eigenvalue weighted by Crippen LogP contribution is -2.15. The summed E-state index contributed by atoms with van der Waals surface area (Å²) in [6, 6.07) is 12.7. The van der Waals surface area contributed by atoms with Crippen LogP contribution in [0.15, 0.2) is 48.5 Å². The van der Waals surface area contributed by atoms with E-state index in [9.17, 15) is 18.0 Å². The van der Waals surface area contributed by atoms with Crippen LogP contribution in [-0.2, 0) is 6.42 Å². The molecule has 20 heavy (non-hydrogen) atoms. The highest BCUT2D eigenvalue weighted by atomic mass is 19.4. The zero-order chi connectivity index (χ0) is 14.8. The Morgan fingerprint density at radius 3 is 2.10 bits per heavy atom. The van der Waals surface area contributed by atoms with Crippen molar-refractivity contribution in [3.63, 3.8) is 0 Å². The van der Waals surface area contributed by atoms with Crippen LogP contribution in [-0.4, -0.2) is 12.0 Å². The van der Waals surface area contributed by atoms with Crippen LogP contribution in [0.5, 0.6) is 0 Å². The Morgan fingerprint density at radius 1 is 0.950 bits per heavy atom. The number of halogens is 3. The van der Waals surface area contributed by atoms with Crippen LogP contribution in [0.25, 0.3) is 0 Å². The second-order valence-corrected chi connectivity index (χ2v) is 4.59. The van der Waals surface area contributed by atoms with E-state index in [-0.39, 0.29) is 16.9 Å². The van der Waals surface area contributed by atoms with Crippen molar-refractivity contribution in [1.82, 2.24) is 0 Å². The van der Waals surface area contributed by atoms with Gasteiger partial charge in [0.15, 0.2) is 5.78 Å². The summed E-state index contributed by atoms with van der Waals surface area (Å²) in [5.41, 5.74) is 1.30. The van der Waals surface area contributed by atoms with E-state index in [1.807, 2.05) is 0 Å². The Bertz CT molecular complexity index is 630. The highest BCUT2D eigenvalue weighted by Crippen LogP contribution is 2.25. The molecule has 0 heterocycles. The monoisotopic (exact) mass is 278 g/mol.